The molecule has 30 heavy (non-hydrogen) atoms. The third-order valence-corrected chi connectivity index (χ3v) is 5.88. The van der Waals surface area contributed by atoms with Gasteiger partial charge in [-0.05, 0) is 57.2 Å². The number of amides is 1. The molecule has 0 unspecified atom stereocenters. The average Bonchev–Trinajstić information content (AvgIpc) is 3.24. The summed E-state index contributed by atoms with van der Waals surface area (Å²) in [5.74, 6) is 0.694. The number of carbonyl (C=O) groups excluding carboxylic acids is 1. The SMILES string of the molecule is COc1ccccc1-c1nn(-c2ccccc2)cc1C(=O)N(C)C1CCN(C)CC1. The minimum absolute atomic E-state index is 0.00681. The van der Waals surface area contributed by atoms with Gasteiger partial charge in [0.25, 0.3) is 5.91 Å². The van der Waals surface area contributed by atoms with Gasteiger partial charge in [0.1, 0.15) is 11.4 Å². The Morgan fingerprint density at radius 3 is 2.43 bits per heavy atom. The Morgan fingerprint density at radius 2 is 1.73 bits per heavy atom. The summed E-state index contributed by atoms with van der Waals surface area (Å²) >= 11 is 0. The number of hydrogen-bond donors (Lipinski definition) is 0. The van der Waals surface area contributed by atoms with E-state index in [2.05, 4.69) is 11.9 Å². The summed E-state index contributed by atoms with van der Waals surface area (Å²) < 4.78 is 7.33. The average molecular weight is 405 g/mol. The van der Waals surface area contributed by atoms with Gasteiger partial charge in [0.05, 0.1) is 18.4 Å². The van der Waals surface area contributed by atoms with Gasteiger partial charge in [-0.15, -0.1) is 0 Å². The maximum absolute atomic E-state index is 13.6. The first kappa shape index (κ1) is 20.2. The van der Waals surface area contributed by atoms with Gasteiger partial charge in [0.15, 0.2) is 0 Å². The third kappa shape index (κ3) is 3.96. The molecule has 0 saturated carbocycles. The molecule has 2 aromatic carbocycles. The largest absolute Gasteiger partial charge is 0.496 e. The molecule has 0 aliphatic carbocycles. The highest BCUT2D eigenvalue weighted by molar-refractivity contribution is 6.00. The molecule has 1 fully saturated rings. The predicted octanol–water partition coefficient (Wildman–Crippen LogP) is 3.71. The van der Waals surface area contributed by atoms with Crippen LogP contribution in [0.5, 0.6) is 5.75 Å². The molecule has 2 heterocycles. The monoisotopic (exact) mass is 404 g/mol. The van der Waals surface area contributed by atoms with Crippen LogP contribution >= 0.6 is 0 Å². The van der Waals surface area contributed by atoms with Crippen molar-refractivity contribution < 1.29 is 9.53 Å². The van der Waals surface area contributed by atoms with Gasteiger partial charge in [0, 0.05) is 24.8 Å². The van der Waals surface area contributed by atoms with Crippen LogP contribution < -0.4 is 4.74 Å². The Morgan fingerprint density at radius 1 is 1.07 bits per heavy atom. The van der Waals surface area contributed by atoms with Crippen LogP contribution in [0.1, 0.15) is 23.2 Å². The molecule has 3 aromatic rings. The van der Waals surface area contributed by atoms with Crippen LogP contribution in [0.3, 0.4) is 0 Å². The molecule has 1 aromatic heterocycles. The fourth-order valence-corrected chi connectivity index (χ4v) is 4.02. The molecule has 0 bridgehead atoms. The fraction of sp³-hybridized carbons (Fsp3) is 0.333. The van der Waals surface area contributed by atoms with Crippen LogP contribution in [0.4, 0.5) is 0 Å². The minimum Gasteiger partial charge on any atom is -0.496 e. The molecule has 156 valence electrons. The fourth-order valence-electron chi connectivity index (χ4n) is 4.02. The second-order valence-corrected chi connectivity index (χ2v) is 7.82. The van der Waals surface area contributed by atoms with Gasteiger partial charge in [-0.3, -0.25) is 4.79 Å². The summed E-state index contributed by atoms with van der Waals surface area (Å²) in [6, 6.07) is 17.8. The van der Waals surface area contributed by atoms with Gasteiger partial charge in [-0.1, -0.05) is 30.3 Å². The van der Waals surface area contributed by atoms with Gasteiger partial charge in [-0.2, -0.15) is 5.10 Å². The van der Waals surface area contributed by atoms with Crippen molar-refractivity contribution in [3.05, 3.63) is 66.4 Å². The summed E-state index contributed by atoms with van der Waals surface area (Å²) in [5.41, 5.74) is 2.95. The van der Waals surface area contributed by atoms with Crippen LogP contribution in [0.15, 0.2) is 60.8 Å². The number of ether oxygens (including phenoxy) is 1. The number of rotatable bonds is 5. The van der Waals surface area contributed by atoms with Crippen molar-refractivity contribution >= 4 is 5.91 Å². The number of methoxy groups -OCH3 is 1. The van der Waals surface area contributed by atoms with E-state index >= 15 is 0 Å². The van der Waals surface area contributed by atoms with Crippen molar-refractivity contribution in [2.24, 2.45) is 0 Å². The first-order valence-electron chi connectivity index (χ1n) is 10.3. The lowest BCUT2D eigenvalue weighted by Crippen LogP contribution is -2.44. The molecule has 0 N–H and O–H groups in total. The lowest BCUT2D eigenvalue weighted by molar-refractivity contribution is 0.0660. The standard InChI is InChI=1S/C24H28N4O2/c1-26-15-13-18(14-16-26)27(2)24(29)21-17-28(19-9-5-4-6-10-19)25-23(21)20-11-7-8-12-22(20)30-3/h4-12,17-18H,13-16H2,1-3H3. The molecule has 4 rings (SSSR count). The van der Waals surface area contributed by atoms with Gasteiger partial charge < -0.3 is 14.5 Å². The van der Waals surface area contributed by atoms with Crippen molar-refractivity contribution in [3.8, 4) is 22.7 Å². The van der Waals surface area contributed by atoms with Crippen LogP contribution in [0.25, 0.3) is 16.9 Å². The number of carbonyl (C=O) groups is 1. The Bertz CT molecular complexity index is 1010. The van der Waals surface area contributed by atoms with Crippen LogP contribution in [0, 0.1) is 0 Å². The second kappa shape index (κ2) is 8.71. The summed E-state index contributed by atoms with van der Waals surface area (Å²) in [6.45, 7) is 2.01. The number of piperidine rings is 1. The molecule has 1 aliphatic heterocycles. The zero-order valence-corrected chi connectivity index (χ0v) is 17.8. The maximum Gasteiger partial charge on any atom is 0.257 e. The van der Waals surface area contributed by atoms with Crippen molar-refractivity contribution in [1.82, 2.24) is 19.6 Å². The number of nitrogens with zero attached hydrogens (tertiary/aromatic N) is 4. The molecule has 1 saturated heterocycles. The summed E-state index contributed by atoms with van der Waals surface area (Å²) in [6.07, 6.45) is 3.80. The zero-order valence-electron chi connectivity index (χ0n) is 17.8. The van der Waals surface area contributed by atoms with E-state index in [1.165, 1.54) is 0 Å². The van der Waals surface area contributed by atoms with E-state index in [1.54, 1.807) is 11.8 Å². The van der Waals surface area contributed by atoms with Crippen molar-refractivity contribution in [2.75, 3.05) is 34.3 Å². The lowest BCUT2D eigenvalue weighted by Gasteiger charge is -2.35. The molecule has 0 radical (unpaired) electrons. The molecule has 1 aliphatic rings. The van der Waals surface area contributed by atoms with E-state index in [-0.39, 0.29) is 11.9 Å². The van der Waals surface area contributed by atoms with Crippen LogP contribution in [-0.2, 0) is 0 Å². The van der Waals surface area contributed by atoms with Gasteiger partial charge in [-0.25, -0.2) is 4.68 Å². The van der Waals surface area contributed by atoms with E-state index in [1.807, 2.05) is 72.7 Å². The minimum atomic E-state index is -0.00681. The number of aromatic nitrogens is 2. The highest BCUT2D eigenvalue weighted by atomic mass is 16.5. The normalized spacial score (nSPS) is 15.2. The van der Waals surface area contributed by atoms with E-state index < -0.39 is 0 Å². The predicted molar refractivity (Wildman–Crippen MR) is 118 cm³/mol. The number of hydrogen-bond acceptors (Lipinski definition) is 4. The van der Waals surface area contributed by atoms with Crippen molar-refractivity contribution in [1.29, 1.82) is 0 Å². The highest BCUT2D eigenvalue weighted by Crippen LogP contribution is 2.32. The number of benzene rings is 2. The first-order valence-corrected chi connectivity index (χ1v) is 10.3. The van der Waals surface area contributed by atoms with E-state index in [4.69, 9.17) is 9.84 Å². The summed E-state index contributed by atoms with van der Waals surface area (Å²) in [4.78, 5) is 17.8. The number of likely N-dealkylation sites (tertiary alicyclic amines) is 1. The Hall–Kier alpha value is -3.12. The van der Waals surface area contributed by atoms with E-state index in [9.17, 15) is 4.79 Å². The van der Waals surface area contributed by atoms with Crippen LogP contribution in [0.2, 0.25) is 0 Å². The van der Waals surface area contributed by atoms with Crippen molar-refractivity contribution in [2.45, 2.75) is 18.9 Å². The molecular formula is C24H28N4O2. The topological polar surface area (TPSA) is 50.6 Å². The smallest absolute Gasteiger partial charge is 0.257 e. The third-order valence-electron chi connectivity index (χ3n) is 5.88. The molecule has 1 amide bonds. The van der Waals surface area contributed by atoms with Gasteiger partial charge in [0.2, 0.25) is 0 Å². The maximum atomic E-state index is 13.6. The lowest BCUT2D eigenvalue weighted by atomic mass is 10.0. The molecule has 6 heteroatoms. The van der Waals surface area contributed by atoms with Crippen molar-refractivity contribution in [3.63, 3.8) is 0 Å². The Balaban J connectivity index is 1.75. The molecule has 6 nitrogen and oxygen atoms in total. The Labute approximate surface area is 177 Å². The Kier molecular flexibility index (Phi) is 5.86. The highest BCUT2D eigenvalue weighted by Gasteiger charge is 2.28. The summed E-state index contributed by atoms with van der Waals surface area (Å²) in [5, 5.41) is 4.80. The first-order chi connectivity index (χ1) is 14.6. The second-order valence-electron chi connectivity index (χ2n) is 7.82. The van der Waals surface area contributed by atoms with Gasteiger partial charge >= 0.3 is 0 Å². The molecule has 0 atom stereocenters. The summed E-state index contributed by atoms with van der Waals surface area (Å²) in [7, 11) is 5.67. The van der Waals surface area contributed by atoms with Crippen LogP contribution in [-0.4, -0.2) is 65.8 Å². The van der Waals surface area contributed by atoms with E-state index in [0.29, 0.717) is 17.0 Å². The number of para-hydroxylation sites is 2. The quantitative estimate of drug-likeness (QED) is 0.650. The molecular weight excluding hydrogens is 376 g/mol. The van der Waals surface area contributed by atoms with E-state index in [0.717, 1.165) is 37.2 Å². The zero-order chi connectivity index (χ0) is 21.1. The molecule has 0 spiro atoms.